The molecule has 0 saturated heterocycles. The summed E-state index contributed by atoms with van der Waals surface area (Å²) in [4.78, 5) is 15.7. The number of nitrogens with two attached hydrogens (primary N) is 2. The topological polar surface area (TPSA) is 82.0 Å². The molecule has 0 aliphatic heterocycles. The fourth-order valence-electron chi connectivity index (χ4n) is 1.44. The Morgan fingerprint density at radius 2 is 2.20 bits per heavy atom. The van der Waals surface area contributed by atoms with Gasteiger partial charge in [-0.15, -0.1) is 0 Å². The first-order valence-corrected chi connectivity index (χ1v) is 5.02. The van der Waals surface area contributed by atoms with Gasteiger partial charge in [0.05, 0.1) is 11.6 Å². The summed E-state index contributed by atoms with van der Waals surface area (Å²) in [5, 5.41) is 0. The van der Waals surface area contributed by atoms with Crippen molar-refractivity contribution in [3.8, 4) is 0 Å². The zero-order valence-electron chi connectivity index (χ0n) is 9.10. The van der Waals surface area contributed by atoms with Crippen molar-refractivity contribution in [2.75, 3.05) is 5.73 Å². The summed E-state index contributed by atoms with van der Waals surface area (Å²) in [6.07, 6.45) is 2.22. The molecule has 4 heteroatoms. The predicted octanol–water partition coefficient (Wildman–Crippen LogP) is 1.22. The van der Waals surface area contributed by atoms with Gasteiger partial charge in [0.25, 0.3) is 0 Å². The molecule has 0 bridgehead atoms. The molecule has 0 saturated carbocycles. The lowest BCUT2D eigenvalue weighted by molar-refractivity contribution is 0.0951. The van der Waals surface area contributed by atoms with Crippen molar-refractivity contribution in [3.05, 3.63) is 23.9 Å². The summed E-state index contributed by atoms with van der Waals surface area (Å²) in [5.41, 5.74) is 11.8. The standard InChI is InChI=1S/C11H17N3O/c1-7(2)6-9(12)10(15)8-4-3-5-14-11(8)13/h3-5,7,9H,6,12H2,1-2H3,(H2,13,14). The molecule has 0 aromatic carbocycles. The minimum Gasteiger partial charge on any atom is -0.383 e. The Labute approximate surface area is 89.7 Å². The molecule has 0 aliphatic carbocycles. The number of nitrogens with zero attached hydrogens (tertiary/aromatic N) is 1. The summed E-state index contributed by atoms with van der Waals surface area (Å²) in [6, 6.07) is 2.85. The zero-order valence-corrected chi connectivity index (χ0v) is 9.10. The third-order valence-electron chi connectivity index (χ3n) is 2.17. The van der Waals surface area contributed by atoms with Crippen LogP contribution in [0.1, 0.15) is 30.6 Å². The Kier molecular flexibility index (Phi) is 3.80. The van der Waals surface area contributed by atoms with Gasteiger partial charge in [0.1, 0.15) is 5.82 Å². The minimum atomic E-state index is -0.489. The maximum atomic E-state index is 11.9. The smallest absolute Gasteiger partial charge is 0.183 e. The van der Waals surface area contributed by atoms with Crippen LogP contribution in [0, 0.1) is 5.92 Å². The monoisotopic (exact) mass is 207 g/mol. The molecule has 82 valence electrons. The van der Waals surface area contributed by atoms with E-state index in [1.807, 2.05) is 13.8 Å². The average molecular weight is 207 g/mol. The summed E-state index contributed by atoms with van der Waals surface area (Å²) in [6.45, 7) is 4.06. The largest absolute Gasteiger partial charge is 0.383 e. The molecular weight excluding hydrogens is 190 g/mol. The van der Waals surface area contributed by atoms with E-state index in [9.17, 15) is 4.79 Å². The van der Waals surface area contributed by atoms with E-state index in [4.69, 9.17) is 11.5 Å². The molecule has 1 aromatic rings. The van der Waals surface area contributed by atoms with Gasteiger partial charge < -0.3 is 11.5 Å². The Bertz CT molecular complexity index is 349. The first-order chi connectivity index (χ1) is 7.02. The van der Waals surface area contributed by atoms with Gasteiger partial charge in [0, 0.05) is 6.20 Å². The third-order valence-corrected chi connectivity index (χ3v) is 2.17. The van der Waals surface area contributed by atoms with Gasteiger partial charge in [-0.3, -0.25) is 4.79 Å². The molecule has 0 spiro atoms. The van der Waals surface area contributed by atoms with Crippen molar-refractivity contribution in [3.63, 3.8) is 0 Å². The fraction of sp³-hybridized carbons (Fsp3) is 0.455. The number of hydrogen-bond acceptors (Lipinski definition) is 4. The molecule has 0 aliphatic rings. The second kappa shape index (κ2) is 4.89. The van der Waals surface area contributed by atoms with Crippen molar-refractivity contribution in [1.82, 2.24) is 4.98 Å². The summed E-state index contributed by atoms with van der Waals surface area (Å²) in [5.74, 6) is 0.512. The first kappa shape index (κ1) is 11.7. The van der Waals surface area contributed by atoms with E-state index in [0.29, 0.717) is 17.9 Å². The Hall–Kier alpha value is -1.42. The number of Topliss-reactive ketones (excluding diaryl/α,β-unsaturated/α-hetero) is 1. The highest BCUT2D eigenvalue weighted by Gasteiger charge is 2.19. The van der Waals surface area contributed by atoms with Crippen LogP contribution in [0.15, 0.2) is 18.3 Å². The van der Waals surface area contributed by atoms with Crippen molar-refractivity contribution in [2.24, 2.45) is 11.7 Å². The molecule has 1 heterocycles. The molecule has 1 unspecified atom stereocenters. The lowest BCUT2D eigenvalue weighted by Crippen LogP contribution is -2.32. The van der Waals surface area contributed by atoms with Crippen LogP contribution in [0.4, 0.5) is 5.82 Å². The second-order valence-electron chi connectivity index (χ2n) is 4.04. The number of hydrogen-bond donors (Lipinski definition) is 2. The van der Waals surface area contributed by atoms with Crippen molar-refractivity contribution >= 4 is 11.6 Å². The lowest BCUT2D eigenvalue weighted by Gasteiger charge is -2.13. The van der Waals surface area contributed by atoms with Crippen LogP contribution in [-0.4, -0.2) is 16.8 Å². The number of carbonyl (C=O) groups excluding carboxylic acids is 1. The Morgan fingerprint density at radius 1 is 1.53 bits per heavy atom. The highest BCUT2D eigenvalue weighted by Crippen LogP contribution is 2.13. The lowest BCUT2D eigenvalue weighted by atomic mass is 9.97. The van der Waals surface area contributed by atoms with Gasteiger partial charge in [-0.05, 0) is 24.5 Å². The number of ketones is 1. The molecule has 0 radical (unpaired) electrons. The third kappa shape index (κ3) is 3.02. The van der Waals surface area contributed by atoms with Crippen LogP contribution >= 0.6 is 0 Å². The Balaban J connectivity index is 2.81. The second-order valence-corrected chi connectivity index (χ2v) is 4.04. The normalized spacial score (nSPS) is 12.8. The molecular formula is C11H17N3O. The highest BCUT2D eigenvalue weighted by molar-refractivity contribution is 6.03. The quantitative estimate of drug-likeness (QED) is 0.727. The first-order valence-electron chi connectivity index (χ1n) is 5.02. The molecule has 0 fully saturated rings. The average Bonchev–Trinajstić information content (AvgIpc) is 2.16. The van der Waals surface area contributed by atoms with Crippen molar-refractivity contribution in [1.29, 1.82) is 0 Å². The molecule has 1 rings (SSSR count). The number of carbonyl (C=O) groups is 1. The number of anilines is 1. The molecule has 4 N–H and O–H groups in total. The van der Waals surface area contributed by atoms with Crippen LogP contribution in [0.25, 0.3) is 0 Å². The van der Waals surface area contributed by atoms with Gasteiger partial charge in [-0.25, -0.2) is 4.98 Å². The van der Waals surface area contributed by atoms with E-state index in [-0.39, 0.29) is 11.6 Å². The molecule has 1 atom stereocenters. The highest BCUT2D eigenvalue weighted by atomic mass is 16.1. The maximum Gasteiger partial charge on any atom is 0.183 e. The molecule has 1 aromatic heterocycles. The van der Waals surface area contributed by atoms with Gasteiger partial charge >= 0.3 is 0 Å². The number of aromatic nitrogens is 1. The summed E-state index contributed by atoms with van der Waals surface area (Å²) < 4.78 is 0. The maximum absolute atomic E-state index is 11.9. The van der Waals surface area contributed by atoms with E-state index in [0.717, 1.165) is 0 Å². The molecule has 15 heavy (non-hydrogen) atoms. The zero-order chi connectivity index (χ0) is 11.4. The molecule has 0 amide bonds. The van der Waals surface area contributed by atoms with Crippen LogP contribution < -0.4 is 11.5 Å². The minimum absolute atomic E-state index is 0.130. The van der Waals surface area contributed by atoms with Crippen molar-refractivity contribution < 1.29 is 4.79 Å². The SMILES string of the molecule is CC(C)CC(N)C(=O)c1cccnc1N. The summed E-state index contributed by atoms with van der Waals surface area (Å²) >= 11 is 0. The Morgan fingerprint density at radius 3 is 2.73 bits per heavy atom. The van der Waals surface area contributed by atoms with Gasteiger partial charge in [0.15, 0.2) is 5.78 Å². The van der Waals surface area contributed by atoms with Crippen LogP contribution in [-0.2, 0) is 0 Å². The van der Waals surface area contributed by atoms with E-state index in [2.05, 4.69) is 4.98 Å². The van der Waals surface area contributed by atoms with E-state index < -0.39 is 6.04 Å². The van der Waals surface area contributed by atoms with E-state index in [1.165, 1.54) is 0 Å². The van der Waals surface area contributed by atoms with Crippen LogP contribution in [0.3, 0.4) is 0 Å². The number of rotatable bonds is 4. The van der Waals surface area contributed by atoms with Gasteiger partial charge in [-0.1, -0.05) is 13.8 Å². The summed E-state index contributed by atoms with van der Waals surface area (Å²) in [7, 11) is 0. The van der Waals surface area contributed by atoms with Gasteiger partial charge in [-0.2, -0.15) is 0 Å². The number of pyridine rings is 1. The van der Waals surface area contributed by atoms with E-state index >= 15 is 0 Å². The number of nitrogen functional groups attached to an aromatic ring is 1. The predicted molar refractivity (Wildman–Crippen MR) is 60.4 cm³/mol. The van der Waals surface area contributed by atoms with Crippen LogP contribution in [0.2, 0.25) is 0 Å². The van der Waals surface area contributed by atoms with Crippen LogP contribution in [0.5, 0.6) is 0 Å². The fourth-order valence-corrected chi connectivity index (χ4v) is 1.44. The van der Waals surface area contributed by atoms with Crippen molar-refractivity contribution in [2.45, 2.75) is 26.3 Å². The molecule has 4 nitrogen and oxygen atoms in total. The van der Waals surface area contributed by atoms with E-state index in [1.54, 1.807) is 18.3 Å². The van der Waals surface area contributed by atoms with Gasteiger partial charge in [0.2, 0.25) is 0 Å².